The van der Waals surface area contributed by atoms with E-state index in [0.29, 0.717) is 34.1 Å². The van der Waals surface area contributed by atoms with Gasteiger partial charge in [0.25, 0.3) is 11.8 Å². The highest BCUT2D eigenvalue weighted by Crippen LogP contribution is 2.38. The zero-order chi connectivity index (χ0) is 24.7. The average molecular weight is 525 g/mol. The van der Waals surface area contributed by atoms with Crippen molar-refractivity contribution in [3.63, 3.8) is 0 Å². The topological polar surface area (TPSA) is 85.9 Å². The number of benzene rings is 3. The number of hydrogen-bond donors (Lipinski definition) is 2. The highest BCUT2D eigenvalue weighted by atomic mass is 79.9. The lowest BCUT2D eigenvalue weighted by Gasteiger charge is -2.15. The number of ether oxygens (including phenoxy) is 3. The zero-order valence-corrected chi connectivity index (χ0v) is 20.9. The molecule has 0 heterocycles. The SMILES string of the molecule is COc1cc(/C=C(\NC(=O)c2ccccc2)C(=O)Nc2ccc(C)cc2Br)cc(OC)c1OC. The van der Waals surface area contributed by atoms with E-state index in [0.717, 1.165) is 10.0 Å². The van der Waals surface area contributed by atoms with Gasteiger partial charge >= 0.3 is 0 Å². The van der Waals surface area contributed by atoms with E-state index in [1.165, 1.54) is 21.3 Å². The number of halogens is 1. The number of anilines is 1. The van der Waals surface area contributed by atoms with Crippen LogP contribution in [-0.2, 0) is 4.79 Å². The van der Waals surface area contributed by atoms with Gasteiger partial charge < -0.3 is 24.8 Å². The van der Waals surface area contributed by atoms with E-state index in [1.807, 2.05) is 25.1 Å². The van der Waals surface area contributed by atoms with Gasteiger partial charge in [-0.15, -0.1) is 0 Å². The van der Waals surface area contributed by atoms with Gasteiger partial charge in [-0.1, -0.05) is 24.3 Å². The third-order valence-corrected chi connectivity index (χ3v) is 5.56. The van der Waals surface area contributed by atoms with Gasteiger partial charge in [-0.05, 0) is 76.5 Å². The molecule has 0 aliphatic heterocycles. The molecular formula is C26H25BrN2O5. The normalized spacial score (nSPS) is 10.9. The van der Waals surface area contributed by atoms with Gasteiger partial charge in [0.05, 0.1) is 27.0 Å². The Labute approximate surface area is 206 Å². The van der Waals surface area contributed by atoms with Gasteiger partial charge in [-0.25, -0.2) is 0 Å². The molecule has 7 nitrogen and oxygen atoms in total. The Morgan fingerprint density at radius 1 is 0.882 bits per heavy atom. The summed E-state index contributed by atoms with van der Waals surface area (Å²) in [5, 5.41) is 5.56. The number of hydrogen-bond acceptors (Lipinski definition) is 5. The summed E-state index contributed by atoms with van der Waals surface area (Å²) in [4.78, 5) is 26.1. The van der Waals surface area contributed by atoms with Gasteiger partial charge in [-0.2, -0.15) is 0 Å². The molecule has 0 radical (unpaired) electrons. The van der Waals surface area contributed by atoms with Crippen LogP contribution in [0.25, 0.3) is 6.08 Å². The number of carbonyl (C=O) groups is 2. The van der Waals surface area contributed by atoms with Crippen molar-refractivity contribution in [1.29, 1.82) is 0 Å². The molecule has 8 heteroatoms. The molecule has 34 heavy (non-hydrogen) atoms. The van der Waals surface area contributed by atoms with Crippen LogP contribution in [0.2, 0.25) is 0 Å². The average Bonchev–Trinajstić information content (AvgIpc) is 2.85. The maximum absolute atomic E-state index is 13.3. The molecule has 0 aliphatic carbocycles. The number of rotatable bonds is 8. The second-order valence-electron chi connectivity index (χ2n) is 7.27. The van der Waals surface area contributed by atoms with Gasteiger partial charge in [0.15, 0.2) is 11.5 Å². The lowest BCUT2D eigenvalue weighted by Crippen LogP contribution is -2.30. The molecule has 0 aromatic heterocycles. The van der Waals surface area contributed by atoms with E-state index >= 15 is 0 Å². The number of aryl methyl sites for hydroxylation is 1. The van der Waals surface area contributed by atoms with Crippen molar-refractivity contribution in [2.75, 3.05) is 26.6 Å². The number of carbonyl (C=O) groups excluding carboxylic acids is 2. The molecule has 0 bridgehead atoms. The predicted octanol–water partition coefficient (Wildman–Crippen LogP) is 5.19. The standard InChI is InChI=1S/C26H25BrN2O5/c1-16-10-11-20(19(27)12-16)28-26(31)21(29-25(30)18-8-6-5-7-9-18)13-17-14-22(32-2)24(34-4)23(15-17)33-3/h5-15H,1-4H3,(H,28,31)(H,29,30)/b21-13-. The largest absolute Gasteiger partial charge is 0.493 e. The molecule has 0 atom stereocenters. The minimum atomic E-state index is -0.498. The van der Waals surface area contributed by atoms with Crippen LogP contribution >= 0.6 is 15.9 Å². The summed E-state index contributed by atoms with van der Waals surface area (Å²) in [6.07, 6.45) is 1.54. The summed E-state index contributed by atoms with van der Waals surface area (Å²) in [6, 6.07) is 17.6. The molecule has 0 fully saturated rings. The Hall–Kier alpha value is -3.78. The Morgan fingerprint density at radius 3 is 2.09 bits per heavy atom. The number of nitrogens with one attached hydrogen (secondary N) is 2. The van der Waals surface area contributed by atoms with Crippen LogP contribution in [0.5, 0.6) is 17.2 Å². The molecule has 2 N–H and O–H groups in total. The third kappa shape index (κ3) is 5.96. The van der Waals surface area contributed by atoms with Crippen LogP contribution < -0.4 is 24.8 Å². The van der Waals surface area contributed by atoms with Crippen LogP contribution in [0.1, 0.15) is 21.5 Å². The number of methoxy groups -OCH3 is 3. The Kier molecular flexibility index (Phi) is 8.32. The van der Waals surface area contributed by atoms with Gasteiger partial charge in [0.1, 0.15) is 5.70 Å². The van der Waals surface area contributed by atoms with Crippen LogP contribution in [0.3, 0.4) is 0 Å². The summed E-state index contributed by atoms with van der Waals surface area (Å²) < 4.78 is 16.9. The third-order valence-electron chi connectivity index (χ3n) is 4.90. The van der Waals surface area contributed by atoms with E-state index in [-0.39, 0.29) is 5.70 Å². The molecule has 0 saturated carbocycles. The Bertz CT molecular complexity index is 1200. The lowest BCUT2D eigenvalue weighted by molar-refractivity contribution is -0.113. The first-order valence-electron chi connectivity index (χ1n) is 10.3. The zero-order valence-electron chi connectivity index (χ0n) is 19.3. The van der Waals surface area contributed by atoms with Crippen molar-refractivity contribution < 1.29 is 23.8 Å². The fraction of sp³-hybridized carbons (Fsp3) is 0.154. The summed E-state index contributed by atoms with van der Waals surface area (Å²) in [5.74, 6) is 0.345. The quantitative estimate of drug-likeness (QED) is 0.396. The lowest BCUT2D eigenvalue weighted by atomic mass is 10.1. The fourth-order valence-corrected chi connectivity index (χ4v) is 3.80. The van der Waals surface area contributed by atoms with Crippen molar-refractivity contribution in [3.8, 4) is 17.2 Å². The van der Waals surface area contributed by atoms with Gasteiger partial charge in [0, 0.05) is 10.0 Å². The smallest absolute Gasteiger partial charge is 0.272 e. The second kappa shape index (κ2) is 11.4. The Balaban J connectivity index is 2.02. The highest BCUT2D eigenvalue weighted by Gasteiger charge is 2.18. The van der Waals surface area contributed by atoms with Crippen molar-refractivity contribution in [1.82, 2.24) is 5.32 Å². The first kappa shape index (κ1) is 24.9. The highest BCUT2D eigenvalue weighted by molar-refractivity contribution is 9.10. The maximum atomic E-state index is 13.3. The van der Waals surface area contributed by atoms with Crippen LogP contribution in [0.15, 0.2) is 70.8 Å². The second-order valence-corrected chi connectivity index (χ2v) is 8.13. The summed E-state index contributed by atoms with van der Waals surface area (Å²) in [6.45, 7) is 1.95. The molecule has 176 valence electrons. The summed E-state index contributed by atoms with van der Waals surface area (Å²) in [5.41, 5.74) is 2.63. The van der Waals surface area contributed by atoms with E-state index in [4.69, 9.17) is 14.2 Å². The van der Waals surface area contributed by atoms with Crippen LogP contribution in [0, 0.1) is 6.92 Å². The molecule has 0 aliphatic rings. The molecule has 3 aromatic carbocycles. The van der Waals surface area contributed by atoms with E-state index in [9.17, 15) is 9.59 Å². The molecule has 2 amide bonds. The molecule has 3 aromatic rings. The minimum absolute atomic E-state index is 0.0376. The van der Waals surface area contributed by atoms with Crippen LogP contribution in [-0.4, -0.2) is 33.1 Å². The van der Waals surface area contributed by atoms with Crippen molar-refractivity contribution in [2.24, 2.45) is 0 Å². The van der Waals surface area contributed by atoms with E-state index in [2.05, 4.69) is 26.6 Å². The maximum Gasteiger partial charge on any atom is 0.272 e. The predicted molar refractivity (Wildman–Crippen MR) is 135 cm³/mol. The van der Waals surface area contributed by atoms with Crippen molar-refractivity contribution >= 4 is 39.5 Å². The number of amides is 2. The first-order chi connectivity index (χ1) is 16.4. The molecule has 0 spiro atoms. The summed E-state index contributed by atoms with van der Waals surface area (Å²) >= 11 is 3.46. The van der Waals surface area contributed by atoms with Gasteiger partial charge in [0.2, 0.25) is 5.75 Å². The monoisotopic (exact) mass is 524 g/mol. The van der Waals surface area contributed by atoms with Gasteiger partial charge in [-0.3, -0.25) is 9.59 Å². The van der Waals surface area contributed by atoms with Crippen LogP contribution in [0.4, 0.5) is 5.69 Å². The van der Waals surface area contributed by atoms with Crippen molar-refractivity contribution in [3.05, 3.63) is 87.5 Å². The molecule has 0 unspecified atom stereocenters. The molecule has 3 rings (SSSR count). The fourth-order valence-electron chi connectivity index (χ4n) is 3.20. The summed E-state index contributed by atoms with van der Waals surface area (Å²) in [7, 11) is 4.52. The van der Waals surface area contributed by atoms with E-state index in [1.54, 1.807) is 48.5 Å². The molecule has 0 saturated heterocycles. The van der Waals surface area contributed by atoms with E-state index < -0.39 is 11.8 Å². The Morgan fingerprint density at radius 2 is 1.53 bits per heavy atom. The minimum Gasteiger partial charge on any atom is -0.493 e. The van der Waals surface area contributed by atoms with Crippen molar-refractivity contribution in [2.45, 2.75) is 6.92 Å². The molecular weight excluding hydrogens is 500 g/mol. The first-order valence-corrected chi connectivity index (χ1v) is 11.1.